The summed E-state index contributed by atoms with van der Waals surface area (Å²) in [6.07, 6.45) is 5.63. The number of aromatic amines is 1. The highest BCUT2D eigenvalue weighted by molar-refractivity contribution is 6.05. The molecule has 8 heteroatoms. The lowest BCUT2D eigenvalue weighted by atomic mass is 10.1. The first-order chi connectivity index (χ1) is 13.6. The smallest absolute Gasteiger partial charge is 0.272 e. The number of hydrogen-bond donors (Lipinski definition) is 4. The predicted octanol–water partition coefficient (Wildman–Crippen LogP) is 2.32. The molecule has 0 radical (unpaired) electrons. The molecule has 1 amide bonds. The second-order valence-electron chi connectivity index (χ2n) is 7.42. The molecule has 3 aromatic rings. The number of piperidine rings is 1. The van der Waals surface area contributed by atoms with Gasteiger partial charge in [0.2, 0.25) is 0 Å². The average molecular weight is 379 g/mol. The Kier molecular flexibility index (Phi) is 5.21. The van der Waals surface area contributed by atoms with Crippen LogP contribution in [-0.4, -0.2) is 51.2 Å². The van der Waals surface area contributed by atoms with E-state index in [2.05, 4.69) is 31.1 Å². The maximum absolute atomic E-state index is 12.4. The van der Waals surface area contributed by atoms with Crippen LogP contribution in [0.3, 0.4) is 0 Å². The zero-order valence-corrected chi connectivity index (χ0v) is 16.1. The van der Waals surface area contributed by atoms with Gasteiger partial charge in [-0.25, -0.2) is 4.98 Å². The molecule has 8 nitrogen and oxygen atoms in total. The number of fused-ring (bicyclic) bond motifs is 1. The Hall–Kier alpha value is -3.00. The third-order valence-electron chi connectivity index (χ3n) is 4.82. The Morgan fingerprint density at radius 2 is 2.04 bits per heavy atom. The number of anilines is 1. The van der Waals surface area contributed by atoms with Crippen molar-refractivity contribution in [2.45, 2.75) is 38.8 Å². The van der Waals surface area contributed by atoms with Gasteiger partial charge in [0.1, 0.15) is 5.82 Å². The number of H-pyrrole nitrogens is 1. The van der Waals surface area contributed by atoms with Crippen molar-refractivity contribution in [1.82, 2.24) is 30.8 Å². The molecular formula is C20H25N7O. The van der Waals surface area contributed by atoms with Gasteiger partial charge in [-0.3, -0.25) is 14.9 Å². The topological polar surface area (TPSA) is 108 Å². The van der Waals surface area contributed by atoms with Gasteiger partial charge in [-0.15, -0.1) is 0 Å². The maximum atomic E-state index is 12.4. The fourth-order valence-electron chi connectivity index (χ4n) is 3.43. The highest BCUT2D eigenvalue weighted by Gasteiger charge is 2.17. The molecule has 1 aliphatic heterocycles. The minimum Gasteiger partial charge on any atom is -0.366 e. The molecule has 4 rings (SSSR count). The largest absolute Gasteiger partial charge is 0.366 e. The number of nitrogens with zero attached hydrogens (tertiary/aromatic N) is 3. The molecule has 4 N–H and O–H groups in total. The molecule has 1 saturated heterocycles. The van der Waals surface area contributed by atoms with Gasteiger partial charge in [-0.1, -0.05) is 6.07 Å². The Labute approximate surface area is 163 Å². The Balaban J connectivity index is 1.61. The van der Waals surface area contributed by atoms with Crippen LogP contribution >= 0.6 is 0 Å². The number of hydrogen-bond acceptors (Lipinski definition) is 6. The van der Waals surface area contributed by atoms with E-state index in [0.29, 0.717) is 11.7 Å². The normalized spacial score (nSPS) is 15.1. The summed E-state index contributed by atoms with van der Waals surface area (Å²) in [5.41, 5.74) is 2.86. The minimum atomic E-state index is -0.189. The molecule has 0 aliphatic carbocycles. The lowest BCUT2D eigenvalue weighted by Gasteiger charge is -2.24. The van der Waals surface area contributed by atoms with E-state index >= 15 is 0 Å². The van der Waals surface area contributed by atoms with Crippen LogP contribution in [0.4, 0.5) is 5.82 Å². The van der Waals surface area contributed by atoms with Gasteiger partial charge in [-0.2, -0.15) is 5.10 Å². The molecule has 1 fully saturated rings. The van der Waals surface area contributed by atoms with E-state index in [4.69, 9.17) is 4.98 Å². The van der Waals surface area contributed by atoms with Gasteiger partial charge in [0.05, 0.1) is 23.6 Å². The van der Waals surface area contributed by atoms with Crippen LogP contribution in [0.15, 0.2) is 30.6 Å². The molecule has 146 valence electrons. The number of nitrogens with one attached hydrogen (secondary N) is 4. The molecule has 1 aromatic carbocycles. The number of rotatable bonds is 5. The van der Waals surface area contributed by atoms with Gasteiger partial charge in [-0.05, 0) is 51.9 Å². The van der Waals surface area contributed by atoms with Crippen LogP contribution < -0.4 is 16.0 Å². The van der Waals surface area contributed by atoms with Crippen molar-refractivity contribution in [3.63, 3.8) is 0 Å². The first-order valence-electron chi connectivity index (χ1n) is 9.69. The zero-order valence-electron chi connectivity index (χ0n) is 16.1. The van der Waals surface area contributed by atoms with Crippen LogP contribution in [0.5, 0.6) is 0 Å². The summed E-state index contributed by atoms with van der Waals surface area (Å²) >= 11 is 0. The van der Waals surface area contributed by atoms with Crippen molar-refractivity contribution in [3.05, 3.63) is 36.3 Å². The first kappa shape index (κ1) is 18.4. The number of carbonyl (C=O) groups excluding carboxylic acids is 1. The van der Waals surface area contributed by atoms with Crippen LogP contribution in [0, 0.1) is 0 Å². The van der Waals surface area contributed by atoms with Gasteiger partial charge < -0.3 is 16.0 Å². The van der Waals surface area contributed by atoms with E-state index < -0.39 is 0 Å². The molecule has 0 spiro atoms. The van der Waals surface area contributed by atoms with Gasteiger partial charge >= 0.3 is 0 Å². The van der Waals surface area contributed by atoms with E-state index in [1.807, 2.05) is 32.0 Å². The number of aromatic nitrogens is 4. The second-order valence-corrected chi connectivity index (χ2v) is 7.42. The molecular weight excluding hydrogens is 354 g/mol. The van der Waals surface area contributed by atoms with Crippen LogP contribution in [0.1, 0.15) is 37.2 Å². The van der Waals surface area contributed by atoms with Gasteiger partial charge in [0, 0.05) is 23.0 Å². The average Bonchev–Trinajstić information content (AvgIpc) is 3.12. The third kappa shape index (κ3) is 3.96. The summed E-state index contributed by atoms with van der Waals surface area (Å²) in [5, 5.41) is 17.6. The third-order valence-corrected chi connectivity index (χ3v) is 4.82. The van der Waals surface area contributed by atoms with Gasteiger partial charge in [0.15, 0.2) is 5.69 Å². The van der Waals surface area contributed by atoms with Gasteiger partial charge in [0.25, 0.3) is 5.91 Å². The molecule has 3 heterocycles. The fraction of sp³-hybridized carbons (Fsp3) is 0.400. The molecule has 1 aliphatic rings. The van der Waals surface area contributed by atoms with Crippen LogP contribution in [-0.2, 0) is 0 Å². The quantitative estimate of drug-likeness (QED) is 0.542. The number of amides is 1. The summed E-state index contributed by atoms with van der Waals surface area (Å²) in [6.45, 7) is 5.88. The number of benzene rings is 1. The van der Waals surface area contributed by atoms with Crippen molar-refractivity contribution in [2.24, 2.45) is 0 Å². The Bertz CT molecular complexity index is 976. The highest BCUT2D eigenvalue weighted by atomic mass is 16.2. The van der Waals surface area contributed by atoms with Crippen molar-refractivity contribution < 1.29 is 4.79 Å². The summed E-state index contributed by atoms with van der Waals surface area (Å²) in [4.78, 5) is 21.5. The summed E-state index contributed by atoms with van der Waals surface area (Å²) < 4.78 is 0. The van der Waals surface area contributed by atoms with E-state index in [1.54, 1.807) is 12.4 Å². The van der Waals surface area contributed by atoms with E-state index in [9.17, 15) is 4.79 Å². The molecule has 0 atom stereocenters. The molecule has 0 unspecified atom stereocenters. The second kappa shape index (κ2) is 7.93. The monoisotopic (exact) mass is 379 g/mol. The van der Waals surface area contributed by atoms with E-state index in [1.165, 1.54) is 0 Å². The fourth-order valence-corrected chi connectivity index (χ4v) is 3.43. The lowest BCUT2D eigenvalue weighted by molar-refractivity contribution is 0.0939. The van der Waals surface area contributed by atoms with Crippen molar-refractivity contribution in [1.29, 1.82) is 0 Å². The summed E-state index contributed by atoms with van der Waals surface area (Å²) in [6, 6.07) is 6.27. The predicted molar refractivity (Wildman–Crippen MR) is 109 cm³/mol. The zero-order chi connectivity index (χ0) is 19.5. The molecule has 0 bridgehead atoms. The molecule has 28 heavy (non-hydrogen) atoms. The summed E-state index contributed by atoms with van der Waals surface area (Å²) in [7, 11) is 0. The molecule has 2 aromatic heterocycles. The minimum absolute atomic E-state index is 0.0473. The first-order valence-corrected chi connectivity index (χ1v) is 9.69. The van der Waals surface area contributed by atoms with E-state index in [0.717, 1.165) is 53.9 Å². The van der Waals surface area contributed by atoms with E-state index in [-0.39, 0.29) is 11.9 Å². The maximum Gasteiger partial charge on any atom is 0.272 e. The van der Waals surface area contributed by atoms with Crippen molar-refractivity contribution >= 4 is 22.6 Å². The lowest BCUT2D eigenvalue weighted by Crippen LogP contribution is -2.35. The highest BCUT2D eigenvalue weighted by Crippen LogP contribution is 2.25. The summed E-state index contributed by atoms with van der Waals surface area (Å²) in [5.74, 6) is 0.584. The molecule has 0 saturated carbocycles. The number of carbonyl (C=O) groups is 1. The Morgan fingerprint density at radius 1 is 1.21 bits per heavy atom. The standard InChI is InChI=1S/C20H25N7O/c1-12(2)23-20(28)19-15-9-13(3-4-16(15)26-27-19)17-10-22-11-18(25-17)24-14-5-7-21-8-6-14/h3-4,9-12,14,21H,5-8H2,1-2H3,(H,23,28)(H,24,25)(H,26,27). The van der Waals surface area contributed by atoms with Crippen LogP contribution in [0.25, 0.3) is 22.2 Å². The van der Waals surface area contributed by atoms with Crippen LogP contribution in [0.2, 0.25) is 0 Å². The Morgan fingerprint density at radius 3 is 2.82 bits per heavy atom. The van der Waals surface area contributed by atoms with Crippen molar-refractivity contribution in [2.75, 3.05) is 18.4 Å². The SMILES string of the molecule is CC(C)NC(=O)c1n[nH]c2ccc(-c3cncc(NC4CCNCC4)n3)cc12. The van der Waals surface area contributed by atoms with Crippen molar-refractivity contribution in [3.8, 4) is 11.3 Å².